The first kappa shape index (κ1) is 12.3. The van der Waals surface area contributed by atoms with Crippen LogP contribution < -0.4 is 4.74 Å². The molecule has 0 atom stereocenters. The number of halogens is 3. The maximum absolute atomic E-state index is 13.0. The third kappa shape index (κ3) is 3.17. The van der Waals surface area contributed by atoms with Crippen molar-refractivity contribution in [3.63, 3.8) is 0 Å². The van der Waals surface area contributed by atoms with Gasteiger partial charge in [0.25, 0.3) is 0 Å². The van der Waals surface area contributed by atoms with Gasteiger partial charge in [-0.25, -0.2) is 4.39 Å². The van der Waals surface area contributed by atoms with E-state index in [0.29, 0.717) is 21.9 Å². The van der Waals surface area contributed by atoms with Gasteiger partial charge in [0.1, 0.15) is 17.3 Å². The molecule has 0 spiro atoms. The van der Waals surface area contributed by atoms with E-state index in [9.17, 15) is 4.39 Å². The highest BCUT2D eigenvalue weighted by atomic mass is 79.9. The SMILES string of the molecule is Fc1ccc(Oc2ccnc(CCl)c2)cc1Br. The van der Waals surface area contributed by atoms with Gasteiger partial charge in [0.05, 0.1) is 16.0 Å². The first-order valence-corrected chi connectivity index (χ1v) is 6.15. The zero-order chi connectivity index (χ0) is 12.3. The Morgan fingerprint density at radius 3 is 2.71 bits per heavy atom. The van der Waals surface area contributed by atoms with Gasteiger partial charge in [-0.1, -0.05) is 0 Å². The molecule has 5 heteroatoms. The second kappa shape index (κ2) is 5.47. The summed E-state index contributed by atoms with van der Waals surface area (Å²) in [5, 5.41) is 0. The number of aromatic nitrogens is 1. The van der Waals surface area contributed by atoms with E-state index in [-0.39, 0.29) is 5.82 Å². The molecular weight excluding hydrogens is 308 g/mol. The van der Waals surface area contributed by atoms with Gasteiger partial charge < -0.3 is 4.74 Å². The Morgan fingerprint density at radius 2 is 2.00 bits per heavy atom. The predicted octanol–water partition coefficient (Wildman–Crippen LogP) is 4.51. The van der Waals surface area contributed by atoms with Crippen LogP contribution >= 0.6 is 27.5 Å². The summed E-state index contributed by atoms with van der Waals surface area (Å²) in [6.07, 6.45) is 1.62. The monoisotopic (exact) mass is 315 g/mol. The molecule has 1 aromatic heterocycles. The van der Waals surface area contributed by atoms with Crippen LogP contribution in [0.15, 0.2) is 41.0 Å². The van der Waals surface area contributed by atoms with E-state index in [0.717, 1.165) is 5.69 Å². The van der Waals surface area contributed by atoms with Gasteiger partial charge in [0.2, 0.25) is 0 Å². The van der Waals surface area contributed by atoms with Crippen LogP contribution in [0.4, 0.5) is 4.39 Å². The fourth-order valence-corrected chi connectivity index (χ4v) is 1.77. The highest BCUT2D eigenvalue weighted by molar-refractivity contribution is 9.10. The minimum Gasteiger partial charge on any atom is -0.457 e. The molecule has 2 rings (SSSR count). The van der Waals surface area contributed by atoms with E-state index in [4.69, 9.17) is 16.3 Å². The van der Waals surface area contributed by atoms with Crippen LogP contribution in [0, 0.1) is 5.82 Å². The molecule has 1 heterocycles. The fourth-order valence-electron chi connectivity index (χ4n) is 1.27. The van der Waals surface area contributed by atoms with E-state index in [1.807, 2.05) is 0 Å². The highest BCUT2D eigenvalue weighted by Gasteiger charge is 2.03. The zero-order valence-electron chi connectivity index (χ0n) is 8.66. The summed E-state index contributed by atoms with van der Waals surface area (Å²) in [5.41, 5.74) is 0.727. The lowest BCUT2D eigenvalue weighted by atomic mass is 10.3. The fraction of sp³-hybridized carbons (Fsp3) is 0.0833. The minimum atomic E-state index is -0.325. The van der Waals surface area contributed by atoms with Crippen molar-refractivity contribution < 1.29 is 9.13 Å². The van der Waals surface area contributed by atoms with Crippen LogP contribution in [0.5, 0.6) is 11.5 Å². The number of hydrogen-bond donors (Lipinski definition) is 0. The molecule has 0 bridgehead atoms. The van der Waals surface area contributed by atoms with Gasteiger partial charge in [-0.05, 0) is 40.2 Å². The number of hydrogen-bond acceptors (Lipinski definition) is 2. The third-order valence-electron chi connectivity index (χ3n) is 2.05. The van der Waals surface area contributed by atoms with Crippen LogP contribution in [0.2, 0.25) is 0 Å². The van der Waals surface area contributed by atoms with Crippen molar-refractivity contribution in [3.05, 3.63) is 52.5 Å². The number of pyridine rings is 1. The number of benzene rings is 1. The molecule has 0 saturated carbocycles. The van der Waals surface area contributed by atoms with Gasteiger partial charge >= 0.3 is 0 Å². The molecule has 0 unspecified atom stereocenters. The molecule has 17 heavy (non-hydrogen) atoms. The number of ether oxygens (including phenoxy) is 1. The molecule has 0 fully saturated rings. The number of rotatable bonds is 3. The number of alkyl halides is 1. The van der Waals surface area contributed by atoms with E-state index >= 15 is 0 Å². The lowest BCUT2D eigenvalue weighted by Gasteiger charge is -2.06. The molecule has 0 aliphatic carbocycles. The minimum absolute atomic E-state index is 0.324. The zero-order valence-corrected chi connectivity index (χ0v) is 11.0. The summed E-state index contributed by atoms with van der Waals surface area (Å²) in [6.45, 7) is 0. The maximum atomic E-state index is 13.0. The second-order valence-electron chi connectivity index (χ2n) is 3.29. The van der Waals surface area contributed by atoms with Gasteiger partial charge in [-0.15, -0.1) is 11.6 Å². The average Bonchev–Trinajstić information content (AvgIpc) is 2.34. The topological polar surface area (TPSA) is 22.1 Å². The van der Waals surface area contributed by atoms with Gasteiger partial charge in [-0.2, -0.15) is 0 Å². The Balaban J connectivity index is 2.22. The van der Waals surface area contributed by atoms with E-state index < -0.39 is 0 Å². The first-order chi connectivity index (χ1) is 8.19. The van der Waals surface area contributed by atoms with Crippen molar-refractivity contribution in [3.8, 4) is 11.5 Å². The molecule has 2 aromatic rings. The van der Waals surface area contributed by atoms with Crippen molar-refractivity contribution in [1.29, 1.82) is 0 Å². The van der Waals surface area contributed by atoms with Gasteiger partial charge in [-0.3, -0.25) is 4.98 Å². The van der Waals surface area contributed by atoms with E-state index in [1.54, 1.807) is 30.5 Å². The van der Waals surface area contributed by atoms with E-state index in [2.05, 4.69) is 20.9 Å². The van der Waals surface area contributed by atoms with Crippen molar-refractivity contribution >= 4 is 27.5 Å². The molecular formula is C12H8BrClFNO. The smallest absolute Gasteiger partial charge is 0.137 e. The van der Waals surface area contributed by atoms with E-state index in [1.165, 1.54) is 6.07 Å². The van der Waals surface area contributed by atoms with Crippen molar-refractivity contribution in [2.75, 3.05) is 0 Å². The highest BCUT2D eigenvalue weighted by Crippen LogP contribution is 2.26. The molecule has 0 saturated heterocycles. The largest absolute Gasteiger partial charge is 0.457 e. The van der Waals surface area contributed by atoms with Crippen molar-refractivity contribution in [2.45, 2.75) is 5.88 Å². The van der Waals surface area contributed by atoms with Crippen molar-refractivity contribution in [2.24, 2.45) is 0 Å². The van der Waals surface area contributed by atoms with Crippen LogP contribution in [0.1, 0.15) is 5.69 Å². The molecule has 0 amide bonds. The third-order valence-corrected chi connectivity index (χ3v) is 2.93. The summed E-state index contributed by atoms with van der Waals surface area (Å²) < 4.78 is 19.0. The standard InChI is InChI=1S/C12H8BrClFNO/c13-11-6-9(1-2-12(11)15)17-10-3-4-16-8(5-10)7-14/h1-6H,7H2. The Kier molecular flexibility index (Phi) is 3.97. The Bertz CT molecular complexity index is 536. The summed E-state index contributed by atoms with van der Waals surface area (Å²) in [4.78, 5) is 4.05. The summed E-state index contributed by atoms with van der Waals surface area (Å²) in [7, 11) is 0. The van der Waals surface area contributed by atoms with Gasteiger partial charge in [0.15, 0.2) is 0 Å². The van der Waals surface area contributed by atoms with Gasteiger partial charge in [0, 0.05) is 12.3 Å². The summed E-state index contributed by atoms with van der Waals surface area (Å²) in [5.74, 6) is 1.16. The molecule has 88 valence electrons. The lowest BCUT2D eigenvalue weighted by Crippen LogP contribution is -1.89. The second-order valence-corrected chi connectivity index (χ2v) is 4.42. The molecule has 0 aliphatic heterocycles. The Labute approximate surface area is 112 Å². The maximum Gasteiger partial charge on any atom is 0.137 e. The molecule has 0 aliphatic rings. The Morgan fingerprint density at radius 1 is 1.24 bits per heavy atom. The van der Waals surface area contributed by atoms with Crippen LogP contribution in [-0.2, 0) is 5.88 Å². The summed E-state index contributed by atoms with van der Waals surface area (Å²) >= 11 is 8.77. The molecule has 1 aromatic carbocycles. The molecule has 0 radical (unpaired) electrons. The van der Waals surface area contributed by atoms with Crippen LogP contribution in [0.25, 0.3) is 0 Å². The lowest BCUT2D eigenvalue weighted by molar-refractivity contribution is 0.478. The quantitative estimate of drug-likeness (QED) is 0.777. The van der Waals surface area contributed by atoms with Crippen LogP contribution in [-0.4, -0.2) is 4.98 Å². The summed E-state index contributed by atoms with van der Waals surface area (Å²) in [6, 6.07) is 7.91. The number of nitrogens with zero attached hydrogens (tertiary/aromatic N) is 1. The molecule has 0 N–H and O–H groups in total. The average molecular weight is 317 g/mol. The normalized spacial score (nSPS) is 10.3. The first-order valence-electron chi connectivity index (χ1n) is 4.83. The van der Waals surface area contributed by atoms with Crippen molar-refractivity contribution in [1.82, 2.24) is 4.98 Å². The van der Waals surface area contributed by atoms with Crippen LogP contribution in [0.3, 0.4) is 0 Å². The molecule has 2 nitrogen and oxygen atoms in total. The Hall–Kier alpha value is -1.13. The predicted molar refractivity (Wildman–Crippen MR) is 68.0 cm³/mol.